The van der Waals surface area contributed by atoms with Gasteiger partial charge in [0.2, 0.25) is 0 Å². The van der Waals surface area contributed by atoms with Crippen LogP contribution >= 0.6 is 31.9 Å². The molecular formula is C14H13Br2N. The third-order valence-corrected chi connectivity index (χ3v) is 4.14. The van der Waals surface area contributed by atoms with Crippen LogP contribution in [0.4, 0.5) is 0 Å². The lowest BCUT2D eigenvalue weighted by atomic mass is 10.1. The van der Waals surface area contributed by atoms with Gasteiger partial charge in [-0.3, -0.25) is 4.98 Å². The summed E-state index contributed by atoms with van der Waals surface area (Å²) in [6, 6.07) is 12.4. The van der Waals surface area contributed by atoms with E-state index in [0.29, 0.717) is 0 Å². The van der Waals surface area contributed by atoms with Gasteiger partial charge in [0.15, 0.2) is 0 Å². The van der Waals surface area contributed by atoms with E-state index in [9.17, 15) is 0 Å². The number of rotatable bonds is 3. The summed E-state index contributed by atoms with van der Waals surface area (Å²) in [4.78, 5) is 4.71. The largest absolute Gasteiger partial charge is 0.261 e. The van der Waals surface area contributed by atoms with Gasteiger partial charge in [-0.15, -0.1) is 0 Å². The molecule has 17 heavy (non-hydrogen) atoms. The number of pyridine rings is 1. The molecule has 0 N–H and O–H groups in total. The first-order chi connectivity index (χ1) is 8.16. The van der Waals surface area contributed by atoms with Crippen LogP contribution in [-0.2, 0) is 6.42 Å². The van der Waals surface area contributed by atoms with Crippen molar-refractivity contribution in [2.75, 3.05) is 0 Å². The van der Waals surface area contributed by atoms with Gasteiger partial charge < -0.3 is 0 Å². The maximum absolute atomic E-state index is 4.43. The Kier molecular flexibility index (Phi) is 4.35. The lowest BCUT2D eigenvalue weighted by Gasteiger charge is -2.11. The summed E-state index contributed by atoms with van der Waals surface area (Å²) in [5.74, 6) is 0. The fraction of sp³-hybridized carbons (Fsp3) is 0.214. The Morgan fingerprint density at radius 3 is 2.59 bits per heavy atom. The minimum absolute atomic E-state index is 0.285. The van der Waals surface area contributed by atoms with E-state index in [4.69, 9.17) is 0 Å². The fourth-order valence-corrected chi connectivity index (χ4v) is 3.24. The van der Waals surface area contributed by atoms with Crippen molar-refractivity contribution in [1.29, 1.82) is 0 Å². The van der Waals surface area contributed by atoms with Crippen LogP contribution in [0.15, 0.2) is 47.1 Å². The van der Waals surface area contributed by atoms with E-state index in [1.165, 1.54) is 11.1 Å². The van der Waals surface area contributed by atoms with Crippen LogP contribution in [-0.4, -0.2) is 4.98 Å². The standard InChI is InChI=1S/C14H13Br2N/c1-10-6-7-11(17-9-10)8-14(16)12-4-2-3-5-13(12)15/h2-7,9,14H,8H2,1H3. The highest BCUT2D eigenvalue weighted by molar-refractivity contribution is 9.11. The molecule has 1 nitrogen and oxygen atoms in total. The molecule has 1 heterocycles. The van der Waals surface area contributed by atoms with Crippen LogP contribution in [0.1, 0.15) is 21.6 Å². The van der Waals surface area contributed by atoms with E-state index in [1.807, 2.05) is 12.3 Å². The predicted octanol–water partition coefficient (Wildman–Crippen LogP) is 4.83. The SMILES string of the molecule is Cc1ccc(CC(Br)c2ccccc2Br)nc1. The molecule has 3 heteroatoms. The smallest absolute Gasteiger partial charge is 0.0461 e. The molecule has 0 fully saturated rings. The molecule has 0 saturated heterocycles. The highest BCUT2D eigenvalue weighted by Crippen LogP contribution is 2.31. The second kappa shape index (κ2) is 5.78. The van der Waals surface area contributed by atoms with Crippen molar-refractivity contribution in [3.05, 3.63) is 63.9 Å². The Morgan fingerprint density at radius 2 is 1.94 bits per heavy atom. The normalized spacial score (nSPS) is 12.4. The lowest BCUT2D eigenvalue weighted by molar-refractivity contribution is 0.898. The number of halogens is 2. The topological polar surface area (TPSA) is 12.9 Å². The van der Waals surface area contributed by atoms with Crippen LogP contribution in [0.2, 0.25) is 0 Å². The van der Waals surface area contributed by atoms with Gasteiger partial charge in [0.05, 0.1) is 0 Å². The molecule has 0 aliphatic heterocycles. The molecule has 0 aliphatic rings. The van der Waals surface area contributed by atoms with Gasteiger partial charge in [-0.2, -0.15) is 0 Å². The highest BCUT2D eigenvalue weighted by Gasteiger charge is 2.11. The second-order valence-electron chi connectivity index (χ2n) is 4.02. The minimum Gasteiger partial charge on any atom is -0.261 e. The first kappa shape index (κ1) is 12.8. The van der Waals surface area contributed by atoms with E-state index >= 15 is 0 Å². The fourth-order valence-electron chi connectivity index (χ4n) is 1.64. The third kappa shape index (κ3) is 3.39. The molecular weight excluding hydrogens is 342 g/mol. The van der Waals surface area contributed by atoms with E-state index in [2.05, 4.69) is 74.1 Å². The van der Waals surface area contributed by atoms with Crippen molar-refractivity contribution < 1.29 is 0 Å². The Bertz CT molecular complexity index is 494. The number of nitrogens with zero attached hydrogens (tertiary/aromatic N) is 1. The summed E-state index contributed by atoms with van der Waals surface area (Å²) in [7, 11) is 0. The van der Waals surface area contributed by atoms with Crippen LogP contribution in [0.25, 0.3) is 0 Å². The Morgan fingerprint density at radius 1 is 1.18 bits per heavy atom. The van der Waals surface area contributed by atoms with Gasteiger partial charge >= 0.3 is 0 Å². The maximum atomic E-state index is 4.43. The summed E-state index contributed by atoms with van der Waals surface area (Å²) >= 11 is 7.29. The van der Waals surface area contributed by atoms with Crippen molar-refractivity contribution >= 4 is 31.9 Å². The quantitative estimate of drug-likeness (QED) is 0.719. The van der Waals surface area contributed by atoms with Gasteiger partial charge in [-0.1, -0.05) is 56.1 Å². The Balaban J connectivity index is 2.14. The van der Waals surface area contributed by atoms with Gasteiger partial charge in [0.1, 0.15) is 0 Å². The molecule has 0 spiro atoms. The van der Waals surface area contributed by atoms with E-state index < -0.39 is 0 Å². The van der Waals surface area contributed by atoms with Crippen molar-refractivity contribution in [2.24, 2.45) is 0 Å². The zero-order valence-electron chi connectivity index (χ0n) is 9.53. The Labute approximate surface area is 119 Å². The van der Waals surface area contributed by atoms with Crippen LogP contribution in [0.3, 0.4) is 0 Å². The van der Waals surface area contributed by atoms with Crippen molar-refractivity contribution in [2.45, 2.75) is 18.2 Å². The zero-order chi connectivity index (χ0) is 12.3. The van der Waals surface area contributed by atoms with Crippen LogP contribution < -0.4 is 0 Å². The summed E-state index contributed by atoms with van der Waals surface area (Å²) in [5, 5.41) is 0. The molecule has 1 aromatic carbocycles. The van der Waals surface area contributed by atoms with E-state index in [0.717, 1.165) is 16.6 Å². The van der Waals surface area contributed by atoms with Crippen molar-refractivity contribution in [3.63, 3.8) is 0 Å². The van der Waals surface area contributed by atoms with Gasteiger partial charge in [-0.05, 0) is 30.2 Å². The molecule has 1 aromatic heterocycles. The average Bonchev–Trinajstić information content (AvgIpc) is 2.32. The Hall–Kier alpha value is -0.670. The number of alkyl halides is 1. The molecule has 88 valence electrons. The summed E-state index contributed by atoms with van der Waals surface area (Å²) in [6.07, 6.45) is 2.80. The number of aryl methyl sites for hydroxylation is 1. The molecule has 0 aliphatic carbocycles. The zero-order valence-corrected chi connectivity index (χ0v) is 12.7. The van der Waals surface area contributed by atoms with E-state index in [-0.39, 0.29) is 4.83 Å². The first-order valence-corrected chi connectivity index (χ1v) is 7.17. The molecule has 2 aromatic rings. The number of hydrogen-bond donors (Lipinski definition) is 0. The molecule has 2 rings (SSSR count). The molecule has 1 atom stereocenters. The van der Waals surface area contributed by atoms with Crippen molar-refractivity contribution in [1.82, 2.24) is 4.98 Å². The summed E-state index contributed by atoms with van der Waals surface area (Å²) in [5.41, 5.74) is 3.56. The van der Waals surface area contributed by atoms with Crippen LogP contribution in [0.5, 0.6) is 0 Å². The van der Waals surface area contributed by atoms with Crippen LogP contribution in [0, 0.1) is 6.92 Å². The summed E-state index contributed by atoms with van der Waals surface area (Å²) in [6.45, 7) is 2.05. The van der Waals surface area contributed by atoms with Gasteiger partial charge in [0.25, 0.3) is 0 Å². The first-order valence-electron chi connectivity index (χ1n) is 5.47. The molecule has 1 unspecified atom stereocenters. The molecule has 0 bridgehead atoms. The van der Waals surface area contributed by atoms with Gasteiger partial charge in [0, 0.05) is 27.6 Å². The molecule has 0 saturated carbocycles. The predicted molar refractivity (Wildman–Crippen MR) is 78.5 cm³/mol. The third-order valence-electron chi connectivity index (χ3n) is 2.60. The number of aromatic nitrogens is 1. The number of benzene rings is 1. The highest BCUT2D eigenvalue weighted by atomic mass is 79.9. The average molecular weight is 355 g/mol. The number of hydrogen-bond acceptors (Lipinski definition) is 1. The molecule has 0 amide bonds. The lowest BCUT2D eigenvalue weighted by Crippen LogP contribution is -1.98. The summed E-state index contributed by atoms with van der Waals surface area (Å²) < 4.78 is 1.13. The molecule has 0 radical (unpaired) electrons. The maximum Gasteiger partial charge on any atom is 0.0461 e. The monoisotopic (exact) mass is 353 g/mol. The van der Waals surface area contributed by atoms with E-state index in [1.54, 1.807) is 0 Å². The second-order valence-corrected chi connectivity index (χ2v) is 5.98. The van der Waals surface area contributed by atoms with Crippen molar-refractivity contribution in [3.8, 4) is 0 Å². The van der Waals surface area contributed by atoms with Gasteiger partial charge in [-0.25, -0.2) is 0 Å². The minimum atomic E-state index is 0.285.